The van der Waals surface area contributed by atoms with E-state index in [4.69, 9.17) is 19.3 Å². The summed E-state index contributed by atoms with van der Waals surface area (Å²) < 4.78 is 16.8. The first-order valence-electron chi connectivity index (χ1n) is 10.4. The summed E-state index contributed by atoms with van der Waals surface area (Å²) in [6, 6.07) is 8.67. The van der Waals surface area contributed by atoms with Gasteiger partial charge in [0.25, 0.3) is 11.1 Å². The van der Waals surface area contributed by atoms with E-state index in [1.807, 2.05) is 0 Å². The van der Waals surface area contributed by atoms with Crippen LogP contribution in [0.3, 0.4) is 0 Å². The number of aromatic carboxylic acids is 1. The molecule has 1 heterocycles. The fourth-order valence-corrected chi connectivity index (χ4v) is 4.73. The number of nitrogens with zero attached hydrogens (tertiary/aromatic N) is 1. The Kier molecular flexibility index (Phi) is 8.57. The number of carboxylic acid groups (broad SMARTS) is 1. The van der Waals surface area contributed by atoms with Crippen LogP contribution in [0, 0.1) is 0 Å². The van der Waals surface area contributed by atoms with E-state index >= 15 is 0 Å². The summed E-state index contributed by atoms with van der Waals surface area (Å²) in [6.45, 7) is 3.32. The van der Waals surface area contributed by atoms with Crippen molar-refractivity contribution in [2.24, 2.45) is 0 Å². The number of thioether (sulfide) groups is 1. The normalized spacial score (nSPS) is 15.3. The third-order valence-electron chi connectivity index (χ3n) is 4.95. The number of carbonyl (C=O) groups is 4. The van der Waals surface area contributed by atoms with Crippen LogP contribution in [-0.2, 0) is 20.9 Å². The Morgan fingerprint density at radius 3 is 2.63 bits per heavy atom. The molecule has 1 saturated heterocycles. The molecule has 184 valence electrons. The monoisotopic (exact) mass is 563 g/mol. The number of imide groups is 1. The minimum atomic E-state index is -1.04. The fourth-order valence-electron chi connectivity index (χ4n) is 3.25. The molecule has 1 aliphatic rings. The molecule has 0 aliphatic carbocycles. The van der Waals surface area contributed by atoms with Gasteiger partial charge in [-0.3, -0.25) is 14.5 Å². The summed E-state index contributed by atoms with van der Waals surface area (Å²) in [5, 5.41) is 8.60. The van der Waals surface area contributed by atoms with Gasteiger partial charge in [-0.05, 0) is 83.0 Å². The van der Waals surface area contributed by atoms with Gasteiger partial charge in [-0.25, -0.2) is 9.59 Å². The fraction of sp³-hybridized carbons (Fsp3) is 0.250. The molecule has 0 radical (unpaired) electrons. The predicted octanol–water partition coefficient (Wildman–Crippen LogP) is 4.72. The van der Waals surface area contributed by atoms with Gasteiger partial charge in [0.2, 0.25) is 0 Å². The number of amides is 2. The standard InChI is InChI=1S/C24H22BrNO8S/c1-4-33-23(30)13(2)26-21(27)19(35-24(26)31)11-15-9-17(25)20(18(10-15)32-3)34-12-14-6-5-7-16(8-14)22(28)29/h5-11,13H,4,12H2,1-3H3,(H,28,29)/b19-11+/t13-/m0/s1. The quantitative estimate of drug-likeness (QED) is 0.341. The molecule has 1 fully saturated rings. The zero-order valence-corrected chi connectivity index (χ0v) is 21.5. The van der Waals surface area contributed by atoms with Gasteiger partial charge in [-0.2, -0.15) is 0 Å². The highest BCUT2D eigenvalue weighted by atomic mass is 79.9. The number of carboxylic acids is 1. The van der Waals surface area contributed by atoms with Crippen LogP contribution >= 0.6 is 27.7 Å². The number of benzene rings is 2. The van der Waals surface area contributed by atoms with Gasteiger partial charge in [0, 0.05) is 0 Å². The number of rotatable bonds is 9. The second-order valence-corrected chi connectivity index (χ2v) is 9.16. The molecule has 0 spiro atoms. The van der Waals surface area contributed by atoms with Crippen molar-refractivity contribution in [2.45, 2.75) is 26.5 Å². The highest BCUT2D eigenvalue weighted by molar-refractivity contribution is 9.10. The number of esters is 1. The maximum absolute atomic E-state index is 12.8. The number of methoxy groups -OCH3 is 1. The number of hydrogen-bond donors (Lipinski definition) is 1. The average Bonchev–Trinajstić information content (AvgIpc) is 3.10. The Labute approximate surface area is 214 Å². The van der Waals surface area contributed by atoms with Crippen molar-refractivity contribution in [3.05, 3.63) is 62.5 Å². The zero-order chi connectivity index (χ0) is 25.7. The van der Waals surface area contributed by atoms with E-state index in [9.17, 15) is 19.2 Å². The second kappa shape index (κ2) is 11.4. The van der Waals surface area contributed by atoms with E-state index in [-0.39, 0.29) is 23.7 Å². The van der Waals surface area contributed by atoms with Gasteiger partial charge < -0.3 is 19.3 Å². The molecule has 1 aliphatic heterocycles. The van der Waals surface area contributed by atoms with Crippen LogP contribution < -0.4 is 9.47 Å². The number of carbonyl (C=O) groups excluding carboxylic acids is 3. The maximum atomic E-state index is 12.8. The Bertz CT molecular complexity index is 1210. The zero-order valence-electron chi connectivity index (χ0n) is 19.1. The van der Waals surface area contributed by atoms with E-state index in [1.165, 1.54) is 32.2 Å². The summed E-state index contributed by atoms with van der Waals surface area (Å²) >= 11 is 4.17. The van der Waals surface area contributed by atoms with E-state index in [0.29, 0.717) is 27.1 Å². The van der Waals surface area contributed by atoms with E-state index < -0.39 is 29.1 Å². The molecule has 2 aromatic rings. The molecule has 0 bridgehead atoms. The first-order chi connectivity index (χ1) is 16.7. The SMILES string of the molecule is CCOC(=O)[C@H](C)N1C(=O)S/C(=C/c2cc(Br)c(OCc3cccc(C(=O)O)c3)c(OC)c2)C1=O. The Morgan fingerprint density at radius 2 is 1.97 bits per heavy atom. The third-order valence-corrected chi connectivity index (χ3v) is 6.42. The van der Waals surface area contributed by atoms with Crippen molar-refractivity contribution in [1.82, 2.24) is 4.90 Å². The molecule has 11 heteroatoms. The lowest BCUT2D eigenvalue weighted by Crippen LogP contribution is -2.42. The number of ether oxygens (including phenoxy) is 3. The first kappa shape index (κ1) is 26.3. The van der Waals surface area contributed by atoms with Crippen LogP contribution in [0.4, 0.5) is 4.79 Å². The van der Waals surface area contributed by atoms with Gasteiger partial charge >= 0.3 is 11.9 Å². The predicted molar refractivity (Wildman–Crippen MR) is 132 cm³/mol. The minimum absolute atomic E-state index is 0.0973. The van der Waals surface area contributed by atoms with Gasteiger partial charge in [0.15, 0.2) is 11.5 Å². The molecular weight excluding hydrogens is 542 g/mol. The Morgan fingerprint density at radius 1 is 1.23 bits per heavy atom. The highest BCUT2D eigenvalue weighted by Crippen LogP contribution is 2.40. The largest absolute Gasteiger partial charge is 0.493 e. The molecule has 2 aromatic carbocycles. The third kappa shape index (κ3) is 6.04. The van der Waals surface area contributed by atoms with Crippen LogP contribution in [0.25, 0.3) is 6.08 Å². The van der Waals surface area contributed by atoms with Gasteiger partial charge in [0.05, 0.1) is 28.7 Å². The summed E-state index contributed by atoms with van der Waals surface area (Å²) in [7, 11) is 1.46. The summed E-state index contributed by atoms with van der Waals surface area (Å²) in [5.74, 6) is -1.53. The number of halogens is 1. The molecule has 0 saturated carbocycles. The lowest BCUT2D eigenvalue weighted by molar-refractivity contribution is -0.150. The molecule has 2 amide bonds. The number of hydrogen-bond acceptors (Lipinski definition) is 8. The Balaban J connectivity index is 1.82. The molecule has 1 atom stereocenters. The molecule has 0 unspecified atom stereocenters. The molecule has 1 N–H and O–H groups in total. The van der Waals surface area contributed by atoms with Gasteiger partial charge in [0.1, 0.15) is 12.6 Å². The van der Waals surface area contributed by atoms with Crippen molar-refractivity contribution in [3.63, 3.8) is 0 Å². The molecule has 35 heavy (non-hydrogen) atoms. The van der Waals surface area contributed by atoms with Gasteiger partial charge in [-0.15, -0.1) is 0 Å². The van der Waals surface area contributed by atoms with E-state index in [0.717, 1.165) is 16.7 Å². The van der Waals surface area contributed by atoms with E-state index in [2.05, 4.69) is 15.9 Å². The highest BCUT2D eigenvalue weighted by Gasteiger charge is 2.41. The van der Waals surface area contributed by atoms with Crippen LogP contribution in [0.2, 0.25) is 0 Å². The summed E-state index contributed by atoms with van der Waals surface area (Å²) in [6.07, 6.45) is 1.52. The smallest absolute Gasteiger partial charge is 0.335 e. The maximum Gasteiger partial charge on any atom is 0.335 e. The van der Waals surface area contributed by atoms with Crippen LogP contribution in [0.15, 0.2) is 45.8 Å². The van der Waals surface area contributed by atoms with Crippen LogP contribution in [0.1, 0.15) is 35.3 Å². The molecule has 9 nitrogen and oxygen atoms in total. The minimum Gasteiger partial charge on any atom is -0.493 e. The topological polar surface area (TPSA) is 119 Å². The first-order valence-corrected chi connectivity index (χ1v) is 12.0. The lowest BCUT2D eigenvalue weighted by atomic mass is 10.1. The Hall–Kier alpha value is -3.31. The molecule has 0 aromatic heterocycles. The van der Waals surface area contributed by atoms with Crippen molar-refractivity contribution in [3.8, 4) is 11.5 Å². The summed E-state index contributed by atoms with van der Waals surface area (Å²) in [4.78, 5) is 49.4. The average molecular weight is 564 g/mol. The van der Waals surface area contributed by atoms with Crippen LogP contribution in [-0.4, -0.2) is 52.8 Å². The molecular formula is C24H22BrNO8S. The van der Waals surface area contributed by atoms with Crippen molar-refractivity contribution in [1.29, 1.82) is 0 Å². The van der Waals surface area contributed by atoms with Crippen LogP contribution in [0.5, 0.6) is 11.5 Å². The van der Waals surface area contributed by atoms with Gasteiger partial charge in [-0.1, -0.05) is 12.1 Å². The molecule has 3 rings (SSSR count). The van der Waals surface area contributed by atoms with Crippen molar-refractivity contribution in [2.75, 3.05) is 13.7 Å². The van der Waals surface area contributed by atoms with Crippen molar-refractivity contribution >= 4 is 56.9 Å². The van der Waals surface area contributed by atoms with E-state index in [1.54, 1.807) is 31.2 Å². The summed E-state index contributed by atoms with van der Waals surface area (Å²) in [5.41, 5.74) is 1.37. The van der Waals surface area contributed by atoms with Crippen molar-refractivity contribution < 1.29 is 38.5 Å². The lowest BCUT2D eigenvalue weighted by Gasteiger charge is -2.19. The second-order valence-electron chi connectivity index (χ2n) is 7.31.